The van der Waals surface area contributed by atoms with Crippen LogP contribution in [0, 0.1) is 6.92 Å². The van der Waals surface area contributed by atoms with Crippen molar-refractivity contribution in [3.05, 3.63) is 16.1 Å². The lowest BCUT2D eigenvalue weighted by Gasteiger charge is -1.90. The molecule has 2 N–H and O–H groups in total. The van der Waals surface area contributed by atoms with Gasteiger partial charge in [0.1, 0.15) is 5.69 Å². The molecule has 0 amide bonds. The summed E-state index contributed by atoms with van der Waals surface area (Å²) >= 11 is 1.49. The Kier molecular flexibility index (Phi) is 2.73. The van der Waals surface area contributed by atoms with Gasteiger partial charge in [0, 0.05) is 11.8 Å². The number of hydrogen-bond donors (Lipinski definition) is 1. The lowest BCUT2D eigenvalue weighted by Crippen LogP contribution is -2.08. The van der Waals surface area contributed by atoms with E-state index in [2.05, 4.69) is 4.98 Å². The minimum atomic E-state index is 0.0388. The smallest absolute Gasteiger partial charge is 0.183 e. The van der Waals surface area contributed by atoms with Crippen molar-refractivity contribution in [2.75, 3.05) is 6.54 Å². The van der Waals surface area contributed by atoms with E-state index < -0.39 is 0 Å². The van der Waals surface area contributed by atoms with Crippen molar-refractivity contribution in [1.82, 2.24) is 4.98 Å². The first kappa shape index (κ1) is 8.36. The van der Waals surface area contributed by atoms with Crippen molar-refractivity contribution >= 4 is 17.1 Å². The number of Topliss-reactive ketones (excluding diaryl/α,β-unsaturated/α-hetero) is 1. The van der Waals surface area contributed by atoms with Gasteiger partial charge in [-0.05, 0) is 13.5 Å². The quantitative estimate of drug-likeness (QED) is 0.688. The van der Waals surface area contributed by atoms with Gasteiger partial charge in [-0.25, -0.2) is 4.98 Å². The zero-order valence-electron chi connectivity index (χ0n) is 6.33. The molecule has 60 valence electrons. The minimum Gasteiger partial charge on any atom is -0.330 e. The third-order valence-electron chi connectivity index (χ3n) is 1.28. The van der Waals surface area contributed by atoms with Gasteiger partial charge in [0.15, 0.2) is 5.78 Å². The van der Waals surface area contributed by atoms with E-state index >= 15 is 0 Å². The Balaban J connectivity index is 2.69. The second kappa shape index (κ2) is 3.59. The van der Waals surface area contributed by atoms with Crippen molar-refractivity contribution in [1.29, 1.82) is 0 Å². The second-order valence-electron chi connectivity index (χ2n) is 2.21. The second-order valence-corrected chi connectivity index (χ2v) is 3.28. The number of thiazole rings is 1. The molecule has 1 rings (SSSR count). The summed E-state index contributed by atoms with van der Waals surface area (Å²) in [5.74, 6) is 0.0388. The Morgan fingerprint density at radius 2 is 2.55 bits per heavy atom. The largest absolute Gasteiger partial charge is 0.330 e. The van der Waals surface area contributed by atoms with E-state index in [4.69, 9.17) is 5.73 Å². The molecule has 0 spiro atoms. The number of ketones is 1. The first-order valence-corrected chi connectivity index (χ1v) is 4.27. The summed E-state index contributed by atoms with van der Waals surface area (Å²) in [7, 11) is 0. The van der Waals surface area contributed by atoms with E-state index in [0.29, 0.717) is 18.7 Å². The molecule has 0 atom stereocenters. The first-order valence-electron chi connectivity index (χ1n) is 3.39. The van der Waals surface area contributed by atoms with Crippen LogP contribution in [-0.2, 0) is 0 Å². The molecule has 0 bridgehead atoms. The molecule has 0 aliphatic carbocycles. The fourth-order valence-electron chi connectivity index (χ4n) is 0.751. The zero-order valence-corrected chi connectivity index (χ0v) is 7.15. The fourth-order valence-corrected chi connectivity index (χ4v) is 1.37. The van der Waals surface area contributed by atoms with E-state index in [-0.39, 0.29) is 5.78 Å². The number of rotatable bonds is 3. The predicted octanol–water partition coefficient (Wildman–Crippen LogP) is 0.983. The topological polar surface area (TPSA) is 56.0 Å². The Bertz CT molecular complexity index is 257. The van der Waals surface area contributed by atoms with Crippen molar-refractivity contribution in [2.45, 2.75) is 13.3 Å². The summed E-state index contributed by atoms with van der Waals surface area (Å²) in [5.41, 5.74) is 5.78. The zero-order chi connectivity index (χ0) is 8.27. The molecule has 0 aromatic carbocycles. The Morgan fingerprint density at radius 3 is 3.00 bits per heavy atom. The molecule has 0 saturated carbocycles. The Hall–Kier alpha value is -0.740. The van der Waals surface area contributed by atoms with Crippen molar-refractivity contribution in [3.8, 4) is 0 Å². The van der Waals surface area contributed by atoms with Crippen LogP contribution in [0.3, 0.4) is 0 Å². The highest BCUT2D eigenvalue weighted by molar-refractivity contribution is 7.09. The van der Waals surface area contributed by atoms with Gasteiger partial charge in [0.25, 0.3) is 0 Å². The summed E-state index contributed by atoms with van der Waals surface area (Å²) < 4.78 is 0. The number of aromatic nitrogens is 1. The van der Waals surface area contributed by atoms with Gasteiger partial charge in [-0.2, -0.15) is 0 Å². The van der Waals surface area contributed by atoms with Crippen LogP contribution in [0.25, 0.3) is 0 Å². The molecular weight excluding hydrogens is 160 g/mol. The van der Waals surface area contributed by atoms with Crippen LogP contribution in [-0.4, -0.2) is 17.3 Å². The van der Waals surface area contributed by atoms with E-state index in [1.165, 1.54) is 11.3 Å². The third kappa shape index (κ3) is 2.10. The minimum absolute atomic E-state index is 0.0388. The van der Waals surface area contributed by atoms with Crippen LogP contribution < -0.4 is 5.73 Å². The summed E-state index contributed by atoms with van der Waals surface area (Å²) in [6.45, 7) is 2.28. The highest BCUT2D eigenvalue weighted by Gasteiger charge is 2.06. The van der Waals surface area contributed by atoms with E-state index in [9.17, 15) is 4.79 Å². The molecule has 4 heteroatoms. The summed E-state index contributed by atoms with van der Waals surface area (Å²) in [5, 5.41) is 2.69. The Labute approximate surface area is 69.3 Å². The molecule has 0 radical (unpaired) electrons. The molecular formula is C7H10N2OS. The van der Waals surface area contributed by atoms with Crippen LogP contribution in [0.5, 0.6) is 0 Å². The SMILES string of the molecule is Cc1nc(C(=O)CCN)cs1. The van der Waals surface area contributed by atoms with Crippen LogP contribution in [0.1, 0.15) is 21.9 Å². The molecule has 0 aliphatic rings. The summed E-state index contributed by atoms with van der Waals surface area (Å²) in [6, 6.07) is 0. The number of carbonyl (C=O) groups is 1. The number of hydrogen-bond acceptors (Lipinski definition) is 4. The maximum absolute atomic E-state index is 11.1. The highest BCUT2D eigenvalue weighted by atomic mass is 32.1. The number of aryl methyl sites for hydroxylation is 1. The average molecular weight is 170 g/mol. The summed E-state index contributed by atoms with van der Waals surface area (Å²) in [4.78, 5) is 15.2. The lowest BCUT2D eigenvalue weighted by molar-refractivity contribution is 0.0981. The van der Waals surface area contributed by atoms with Gasteiger partial charge in [-0.15, -0.1) is 11.3 Å². The number of nitrogens with two attached hydrogens (primary N) is 1. The van der Waals surface area contributed by atoms with Crippen LogP contribution in [0.4, 0.5) is 0 Å². The van der Waals surface area contributed by atoms with E-state index in [1.54, 1.807) is 5.38 Å². The van der Waals surface area contributed by atoms with Gasteiger partial charge in [0.2, 0.25) is 0 Å². The monoisotopic (exact) mass is 170 g/mol. The van der Waals surface area contributed by atoms with Crippen molar-refractivity contribution < 1.29 is 4.79 Å². The molecule has 0 unspecified atom stereocenters. The maximum atomic E-state index is 11.1. The lowest BCUT2D eigenvalue weighted by atomic mass is 10.2. The highest BCUT2D eigenvalue weighted by Crippen LogP contribution is 2.09. The van der Waals surface area contributed by atoms with Gasteiger partial charge in [-0.1, -0.05) is 0 Å². The molecule has 1 aromatic heterocycles. The maximum Gasteiger partial charge on any atom is 0.183 e. The molecule has 1 aromatic rings. The number of carbonyl (C=O) groups excluding carboxylic acids is 1. The van der Waals surface area contributed by atoms with Crippen molar-refractivity contribution in [2.24, 2.45) is 5.73 Å². The van der Waals surface area contributed by atoms with Crippen LogP contribution in [0.2, 0.25) is 0 Å². The van der Waals surface area contributed by atoms with Gasteiger partial charge >= 0.3 is 0 Å². The molecule has 1 heterocycles. The van der Waals surface area contributed by atoms with E-state index in [1.807, 2.05) is 6.92 Å². The van der Waals surface area contributed by atoms with E-state index in [0.717, 1.165) is 5.01 Å². The number of nitrogens with zero attached hydrogens (tertiary/aromatic N) is 1. The summed E-state index contributed by atoms with van der Waals surface area (Å²) in [6.07, 6.45) is 0.392. The first-order chi connectivity index (χ1) is 5.24. The Morgan fingerprint density at radius 1 is 1.82 bits per heavy atom. The molecule has 0 fully saturated rings. The fraction of sp³-hybridized carbons (Fsp3) is 0.429. The standard InChI is InChI=1S/C7H10N2OS/c1-5-9-6(4-11-5)7(10)2-3-8/h4H,2-3,8H2,1H3. The van der Waals surface area contributed by atoms with Gasteiger partial charge in [-0.3, -0.25) is 4.79 Å². The normalized spacial score (nSPS) is 10.0. The molecule has 3 nitrogen and oxygen atoms in total. The molecule has 11 heavy (non-hydrogen) atoms. The van der Waals surface area contributed by atoms with Gasteiger partial charge < -0.3 is 5.73 Å². The van der Waals surface area contributed by atoms with Crippen LogP contribution in [0.15, 0.2) is 5.38 Å². The van der Waals surface area contributed by atoms with Crippen molar-refractivity contribution in [3.63, 3.8) is 0 Å². The average Bonchev–Trinajstić information content (AvgIpc) is 2.36. The molecule has 0 saturated heterocycles. The van der Waals surface area contributed by atoms with Crippen LogP contribution >= 0.6 is 11.3 Å². The van der Waals surface area contributed by atoms with Gasteiger partial charge in [0.05, 0.1) is 5.01 Å². The third-order valence-corrected chi connectivity index (χ3v) is 2.05. The predicted molar refractivity (Wildman–Crippen MR) is 44.9 cm³/mol. The molecule has 0 aliphatic heterocycles.